The second-order valence-corrected chi connectivity index (χ2v) is 4.49. The summed E-state index contributed by atoms with van der Waals surface area (Å²) in [4.78, 5) is 0. The van der Waals surface area contributed by atoms with Gasteiger partial charge in [0.2, 0.25) is 5.89 Å². The van der Waals surface area contributed by atoms with Crippen molar-refractivity contribution in [1.29, 1.82) is 0 Å². The number of hydrogen-bond acceptors (Lipinski definition) is 5. The molecule has 0 aliphatic rings. The van der Waals surface area contributed by atoms with E-state index in [1.54, 1.807) is 6.20 Å². The van der Waals surface area contributed by atoms with Crippen LogP contribution in [0.3, 0.4) is 0 Å². The second-order valence-electron chi connectivity index (χ2n) is 4.49. The van der Waals surface area contributed by atoms with E-state index in [1.165, 1.54) is 0 Å². The number of rotatable bonds is 4. The van der Waals surface area contributed by atoms with Crippen LogP contribution in [0.15, 0.2) is 40.9 Å². The Balaban J connectivity index is 1.95. The Morgan fingerprint density at radius 2 is 2.00 bits per heavy atom. The van der Waals surface area contributed by atoms with E-state index >= 15 is 0 Å². The van der Waals surface area contributed by atoms with Crippen molar-refractivity contribution in [2.24, 2.45) is 0 Å². The van der Waals surface area contributed by atoms with E-state index in [1.807, 2.05) is 44.3 Å². The Bertz CT molecular complexity index is 688. The first-order chi connectivity index (χ1) is 9.79. The lowest BCUT2D eigenvalue weighted by molar-refractivity contribution is 0.456. The van der Waals surface area contributed by atoms with Crippen LogP contribution in [0.5, 0.6) is 0 Å². The molecule has 2 heterocycles. The molecular weight excluding hydrogens is 254 g/mol. The minimum atomic E-state index is -0.121. The molecule has 1 unspecified atom stereocenters. The summed E-state index contributed by atoms with van der Waals surface area (Å²) < 4.78 is 5.77. The molecular formula is C14H15N5O. The maximum Gasteiger partial charge on any atom is 0.251 e. The van der Waals surface area contributed by atoms with E-state index in [0.29, 0.717) is 11.8 Å². The Kier molecular flexibility index (Phi) is 3.30. The van der Waals surface area contributed by atoms with Crippen LogP contribution in [-0.4, -0.2) is 27.4 Å². The summed E-state index contributed by atoms with van der Waals surface area (Å²) in [6.45, 7) is 1.92. The van der Waals surface area contributed by atoms with Gasteiger partial charge in [-0.25, -0.2) is 0 Å². The fourth-order valence-electron chi connectivity index (χ4n) is 2.10. The molecule has 0 saturated carbocycles. The molecule has 2 N–H and O–H groups in total. The van der Waals surface area contributed by atoms with E-state index in [9.17, 15) is 0 Å². The first-order valence-corrected chi connectivity index (χ1v) is 6.35. The number of aromatic amines is 1. The van der Waals surface area contributed by atoms with Gasteiger partial charge in [-0.3, -0.25) is 5.10 Å². The van der Waals surface area contributed by atoms with Gasteiger partial charge in [0.1, 0.15) is 6.04 Å². The summed E-state index contributed by atoms with van der Waals surface area (Å²) in [6, 6.07) is 9.87. The summed E-state index contributed by atoms with van der Waals surface area (Å²) in [5.41, 5.74) is 2.81. The molecule has 0 aliphatic heterocycles. The fourth-order valence-corrected chi connectivity index (χ4v) is 2.10. The third-order valence-corrected chi connectivity index (χ3v) is 3.17. The van der Waals surface area contributed by atoms with Crippen LogP contribution >= 0.6 is 0 Å². The highest BCUT2D eigenvalue weighted by atomic mass is 16.4. The zero-order chi connectivity index (χ0) is 13.9. The Labute approximate surface area is 116 Å². The van der Waals surface area contributed by atoms with Gasteiger partial charge in [0.25, 0.3) is 5.89 Å². The molecule has 102 valence electrons. The summed E-state index contributed by atoms with van der Waals surface area (Å²) >= 11 is 0. The van der Waals surface area contributed by atoms with Gasteiger partial charge in [-0.2, -0.15) is 5.10 Å². The number of aryl methyl sites for hydroxylation is 1. The van der Waals surface area contributed by atoms with Gasteiger partial charge in [0.15, 0.2) is 0 Å². The number of nitrogens with zero attached hydrogens (tertiary/aromatic N) is 3. The van der Waals surface area contributed by atoms with Crippen molar-refractivity contribution < 1.29 is 4.42 Å². The molecule has 3 aromatic rings. The van der Waals surface area contributed by atoms with Gasteiger partial charge in [-0.05, 0) is 19.5 Å². The summed E-state index contributed by atoms with van der Waals surface area (Å²) in [6.07, 6.45) is 1.68. The monoisotopic (exact) mass is 269 g/mol. The highest BCUT2D eigenvalue weighted by Gasteiger charge is 2.20. The van der Waals surface area contributed by atoms with Crippen LogP contribution in [0, 0.1) is 6.92 Å². The highest BCUT2D eigenvalue weighted by Crippen LogP contribution is 2.25. The molecule has 0 spiro atoms. The standard InChI is InChI=1S/C14H15N5O/c1-9-11(8-16-17-9)13-18-19-14(20-13)12(15-2)10-6-4-3-5-7-10/h3-8,12,15H,1-2H3,(H,16,17). The van der Waals surface area contributed by atoms with Gasteiger partial charge in [-0.15, -0.1) is 10.2 Å². The van der Waals surface area contributed by atoms with Crippen molar-refractivity contribution in [2.45, 2.75) is 13.0 Å². The van der Waals surface area contributed by atoms with Crippen LogP contribution in [0.4, 0.5) is 0 Å². The van der Waals surface area contributed by atoms with Crippen LogP contribution in [-0.2, 0) is 0 Å². The average Bonchev–Trinajstić information content (AvgIpc) is 3.10. The highest BCUT2D eigenvalue weighted by molar-refractivity contribution is 5.54. The molecule has 20 heavy (non-hydrogen) atoms. The molecule has 1 aromatic carbocycles. The summed E-state index contributed by atoms with van der Waals surface area (Å²) in [5.74, 6) is 1.01. The smallest absolute Gasteiger partial charge is 0.251 e. The third-order valence-electron chi connectivity index (χ3n) is 3.17. The van der Waals surface area contributed by atoms with Crippen molar-refractivity contribution in [2.75, 3.05) is 7.05 Å². The number of H-pyrrole nitrogens is 1. The van der Waals surface area contributed by atoms with Crippen LogP contribution < -0.4 is 5.32 Å². The number of benzene rings is 1. The molecule has 1 atom stereocenters. The van der Waals surface area contributed by atoms with Crippen molar-refractivity contribution in [3.63, 3.8) is 0 Å². The Morgan fingerprint density at radius 1 is 1.20 bits per heavy atom. The zero-order valence-corrected chi connectivity index (χ0v) is 11.3. The SMILES string of the molecule is CNC(c1ccccc1)c1nnc(-c2cn[nH]c2C)o1. The molecule has 0 bridgehead atoms. The second kappa shape index (κ2) is 5.26. The molecule has 0 saturated heterocycles. The first-order valence-electron chi connectivity index (χ1n) is 6.35. The molecule has 0 fully saturated rings. The molecule has 6 heteroatoms. The molecule has 0 aliphatic carbocycles. The van der Waals surface area contributed by atoms with Crippen molar-refractivity contribution in [3.8, 4) is 11.5 Å². The number of hydrogen-bond donors (Lipinski definition) is 2. The van der Waals surface area contributed by atoms with Crippen molar-refractivity contribution in [3.05, 3.63) is 53.7 Å². The van der Waals surface area contributed by atoms with Gasteiger partial charge < -0.3 is 9.73 Å². The third kappa shape index (κ3) is 2.21. The molecule has 0 amide bonds. The molecule has 2 aromatic heterocycles. The Morgan fingerprint density at radius 3 is 2.65 bits per heavy atom. The van der Waals surface area contributed by atoms with Crippen molar-refractivity contribution in [1.82, 2.24) is 25.7 Å². The van der Waals surface area contributed by atoms with E-state index in [-0.39, 0.29) is 6.04 Å². The van der Waals surface area contributed by atoms with E-state index in [2.05, 4.69) is 25.7 Å². The largest absolute Gasteiger partial charge is 0.418 e. The minimum absolute atomic E-state index is 0.121. The predicted molar refractivity (Wildman–Crippen MR) is 74.0 cm³/mol. The van der Waals surface area contributed by atoms with E-state index in [0.717, 1.165) is 16.8 Å². The lowest BCUT2D eigenvalue weighted by Gasteiger charge is -2.11. The maximum atomic E-state index is 5.77. The maximum absolute atomic E-state index is 5.77. The lowest BCUT2D eigenvalue weighted by atomic mass is 10.1. The summed E-state index contributed by atoms with van der Waals surface area (Å²) in [7, 11) is 1.87. The van der Waals surface area contributed by atoms with Gasteiger partial charge in [0.05, 0.1) is 11.8 Å². The zero-order valence-electron chi connectivity index (χ0n) is 11.3. The summed E-state index contributed by atoms with van der Waals surface area (Å²) in [5, 5.41) is 18.2. The lowest BCUT2D eigenvalue weighted by Crippen LogP contribution is -2.17. The number of nitrogens with one attached hydrogen (secondary N) is 2. The topological polar surface area (TPSA) is 79.6 Å². The number of aromatic nitrogens is 4. The van der Waals surface area contributed by atoms with Crippen molar-refractivity contribution >= 4 is 0 Å². The first kappa shape index (κ1) is 12.6. The Hall–Kier alpha value is -2.47. The van der Waals surface area contributed by atoms with Crippen LogP contribution in [0.25, 0.3) is 11.5 Å². The van der Waals surface area contributed by atoms with E-state index in [4.69, 9.17) is 4.42 Å². The van der Waals surface area contributed by atoms with E-state index < -0.39 is 0 Å². The van der Waals surface area contributed by atoms with Gasteiger partial charge >= 0.3 is 0 Å². The fraction of sp³-hybridized carbons (Fsp3) is 0.214. The van der Waals surface area contributed by atoms with Gasteiger partial charge in [-0.1, -0.05) is 30.3 Å². The van der Waals surface area contributed by atoms with Crippen LogP contribution in [0.2, 0.25) is 0 Å². The molecule has 3 rings (SSSR count). The van der Waals surface area contributed by atoms with Gasteiger partial charge in [0, 0.05) is 5.69 Å². The molecule has 6 nitrogen and oxygen atoms in total. The normalized spacial score (nSPS) is 12.5. The predicted octanol–water partition coefficient (Wildman–Crippen LogP) is 2.08. The van der Waals surface area contributed by atoms with Crippen LogP contribution in [0.1, 0.15) is 23.2 Å². The quantitative estimate of drug-likeness (QED) is 0.758. The minimum Gasteiger partial charge on any atom is -0.418 e. The molecule has 0 radical (unpaired) electrons. The average molecular weight is 269 g/mol.